The smallest absolute Gasteiger partial charge is 0.161 e. The average molecular weight is 272 g/mol. The number of pyridine rings is 1. The second kappa shape index (κ2) is 6.80. The van der Waals surface area contributed by atoms with Crippen molar-refractivity contribution in [2.24, 2.45) is 0 Å². The van der Waals surface area contributed by atoms with Crippen LogP contribution in [0, 0.1) is 6.92 Å². The molecule has 0 atom stereocenters. The fraction of sp³-hybridized carbons (Fsp3) is 0.312. The largest absolute Gasteiger partial charge is 0.493 e. The zero-order valence-corrected chi connectivity index (χ0v) is 12.1. The molecule has 2 aromatic rings. The zero-order chi connectivity index (χ0) is 14.4. The third-order valence-corrected chi connectivity index (χ3v) is 3.02. The normalized spacial score (nSPS) is 10.2. The monoisotopic (exact) mass is 272 g/mol. The summed E-state index contributed by atoms with van der Waals surface area (Å²) in [6.45, 7) is 5.29. The summed E-state index contributed by atoms with van der Waals surface area (Å²) < 4.78 is 10.9. The lowest BCUT2D eigenvalue weighted by atomic mass is 10.2. The summed E-state index contributed by atoms with van der Waals surface area (Å²) in [5.74, 6) is 1.53. The lowest BCUT2D eigenvalue weighted by Crippen LogP contribution is -2.03. The van der Waals surface area contributed by atoms with Crippen LogP contribution in [0.3, 0.4) is 0 Å². The third kappa shape index (κ3) is 3.41. The lowest BCUT2D eigenvalue weighted by molar-refractivity contribution is 0.310. The SMILES string of the molecule is CCOc1cc(CNc2cccnc2C)ccc1OC. The Bertz CT molecular complexity index is 570. The molecule has 2 rings (SSSR count). The summed E-state index contributed by atoms with van der Waals surface area (Å²) in [4.78, 5) is 4.26. The summed E-state index contributed by atoms with van der Waals surface area (Å²) in [6, 6.07) is 9.91. The van der Waals surface area contributed by atoms with Gasteiger partial charge in [0, 0.05) is 12.7 Å². The molecule has 1 heterocycles. The molecule has 1 aromatic heterocycles. The van der Waals surface area contributed by atoms with E-state index in [1.165, 1.54) is 0 Å². The molecule has 106 valence electrons. The van der Waals surface area contributed by atoms with Crippen molar-refractivity contribution in [3.63, 3.8) is 0 Å². The molecule has 0 unspecified atom stereocenters. The van der Waals surface area contributed by atoms with Gasteiger partial charge in [0.15, 0.2) is 11.5 Å². The number of benzene rings is 1. The highest BCUT2D eigenvalue weighted by molar-refractivity contribution is 5.48. The maximum atomic E-state index is 5.58. The van der Waals surface area contributed by atoms with Gasteiger partial charge in [-0.3, -0.25) is 4.98 Å². The highest BCUT2D eigenvalue weighted by Crippen LogP contribution is 2.28. The molecule has 20 heavy (non-hydrogen) atoms. The second-order valence-corrected chi connectivity index (χ2v) is 4.41. The Balaban J connectivity index is 2.10. The predicted molar refractivity (Wildman–Crippen MR) is 80.5 cm³/mol. The van der Waals surface area contributed by atoms with Crippen molar-refractivity contribution in [2.45, 2.75) is 20.4 Å². The van der Waals surface area contributed by atoms with E-state index in [1.54, 1.807) is 13.3 Å². The molecule has 4 heteroatoms. The van der Waals surface area contributed by atoms with Gasteiger partial charge >= 0.3 is 0 Å². The summed E-state index contributed by atoms with van der Waals surface area (Å²) in [6.07, 6.45) is 1.79. The van der Waals surface area contributed by atoms with Gasteiger partial charge in [-0.1, -0.05) is 6.07 Å². The minimum Gasteiger partial charge on any atom is -0.493 e. The number of aromatic nitrogens is 1. The van der Waals surface area contributed by atoms with E-state index >= 15 is 0 Å². The Kier molecular flexibility index (Phi) is 4.82. The van der Waals surface area contributed by atoms with E-state index in [9.17, 15) is 0 Å². The van der Waals surface area contributed by atoms with E-state index < -0.39 is 0 Å². The molecular weight excluding hydrogens is 252 g/mol. The molecule has 0 aliphatic heterocycles. The number of hydrogen-bond donors (Lipinski definition) is 1. The second-order valence-electron chi connectivity index (χ2n) is 4.41. The molecule has 0 saturated heterocycles. The van der Waals surface area contributed by atoms with E-state index in [4.69, 9.17) is 9.47 Å². The first kappa shape index (κ1) is 14.2. The Hall–Kier alpha value is -2.23. The molecule has 0 aliphatic rings. The highest BCUT2D eigenvalue weighted by Gasteiger charge is 2.05. The number of rotatable bonds is 6. The molecule has 0 aliphatic carbocycles. The van der Waals surface area contributed by atoms with Crippen LogP contribution in [0.15, 0.2) is 36.5 Å². The molecule has 0 amide bonds. The Morgan fingerprint density at radius 3 is 2.75 bits per heavy atom. The maximum Gasteiger partial charge on any atom is 0.161 e. The molecule has 0 fully saturated rings. The number of hydrogen-bond acceptors (Lipinski definition) is 4. The Morgan fingerprint density at radius 1 is 1.20 bits per heavy atom. The van der Waals surface area contributed by atoms with Crippen LogP contribution >= 0.6 is 0 Å². The van der Waals surface area contributed by atoms with Crippen LogP contribution in [0.4, 0.5) is 5.69 Å². The predicted octanol–water partition coefficient (Wildman–Crippen LogP) is 3.41. The van der Waals surface area contributed by atoms with Gasteiger partial charge < -0.3 is 14.8 Å². The number of methoxy groups -OCH3 is 1. The number of aryl methyl sites for hydroxylation is 1. The van der Waals surface area contributed by atoms with E-state index in [0.717, 1.165) is 35.0 Å². The van der Waals surface area contributed by atoms with E-state index in [-0.39, 0.29) is 0 Å². The van der Waals surface area contributed by atoms with Crippen LogP contribution in [0.25, 0.3) is 0 Å². The van der Waals surface area contributed by atoms with Crippen molar-refractivity contribution in [2.75, 3.05) is 19.0 Å². The number of anilines is 1. The molecule has 1 aromatic carbocycles. The zero-order valence-electron chi connectivity index (χ0n) is 12.1. The van der Waals surface area contributed by atoms with Crippen LogP contribution in [0.1, 0.15) is 18.2 Å². The molecular formula is C16H20N2O2. The van der Waals surface area contributed by atoms with Gasteiger partial charge in [-0.15, -0.1) is 0 Å². The van der Waals surface area contributed by atoms with Gasteiger partial charge in [0.25, 0.3) is 0 Å². The van der Waals surface area contributed by atoms with Crippen molar-refractivity contribution in [3.05, 3.63) is 47.8 Å². The fourth-order valence-corrected chi connectivity index (χ4v) is 1.97. The summed E-state index contributed by atoms with van der Waals surface area (Å²) in [7, 11) is 1.65. The minimum atomic E-state index is 0.620. The molecule has 1 N–H and O–H groups in total. The van der Waals surface area contributed by atoms with Gasteiger partial charge in [-0.25, -0.2) is 0 Å². The van der Waals surface area contributed by atoms with Gasteiger partial charge in [0.1, 0.15) is 0 Å². The first-order valence-electron chi connectivity index (χ1n) is 6.69. The summed E-state index contributed by atoms with van der Waals surface area (Å²) in [5.41, 5.74) is 3.17. The maximum absolute atomic E-state index is 5.58. The Morgan fingerprint density at radius 2 is 2.05 bits per heavy atom. The van der Waals surface area contributed by atoms with Crippen molar-refractivity contribution in [1.82, 2.24) is 4.98 Å². The van der Waals surface area contributed by atoms with Crippen LogP contribution in [0.2, 0.25) is 0 Å². The van der Waals surface area contributed by atoms with E-state index in [1.807, 2.05) is 44.2 Å². The van der Waals surface area contributed by atoms with Crippen LogP contribution in [-0.2, 0) is 6.54 Å². The number of nitrogens with zero attached hydrogens (tertiary/aromatic N) is 1. The average Bonchev–Trinajstić information content (AvgIpc) is 2.47. The standard InChI is InChI=1S/C16H20N2O2/c1-4-20-16-10-13(7-8-15(16)19-3)11-18-14-6-5-9-17-12(14)2/h5-10,18H,4,11H2,1-3H3. The molecule has 0 saturated carbocycles. The molecule has 0 spiro atoms. The third-order valence-electron chi connectivity index (χ3n) is 3.02. The van der Waals surface area contributed by atoms with Gasteiger partial charge in [-0.05, 0) is 43.7 Å². The van der Waals surface area contributed by atoms with E-state index in [2.05, 4.69) is 10.3 Å². The van der Waals surface area contributed by atoms with Crippen molar-refractivity contribution < 1.29 is 9.47 Å². The first-order valence-corrected chi connectivity index (χ1v) is 6.69. The van der Waals surface area contributed by atoms with Gasteiger partial charge in [0.05, 0.1) is 25.1 Å². The number of nitrogens with one attached hydrogen (secondary N) is 1. The fourth-order valence-electron chi connectivity index (χ4n) is 1.97. The quantitative estimate of drug-likeness (QED) is 0.875. The van der Waals surface area contributed by atoms with Crippen molar-refractivity contribution in [1.29, 1.82) is 0 Å². The van der Waals surface area contributed by atoms with Crippen LogP contribution < -0.4 is 14.8 Å². The molecule has 0 bridgehead atoms. The highest BCUT2D eigenvalue weighted by atomic mass is 16.5. The van der Waals surface area contributed by atoms with Crippen LogP contribution in [0.5, 0.6) is 11.5 Å². The molecule has 0 radical (unpaired) electrons. The summed E-state index contributed by atoms with van der Waals surface area (Å²) >= 11 is 0. The van der Waals surface area contributed by atoms with E-state index in [0.29, 0.717) is 6.61 Å². The first-order chi connectivity index (χ1) is 9.74. The Labute approximate surface area is 119 Å². The van der Waals surface area contributed by atoms with Gasteiger partial charge in [-0.2, -0.15) is 0 Å². The van der Waals surface area contributed by atoms with Gasteiger partial charge in [0.2, 0.25) is 0 Å². The van der Waals surface area contributed by atoms with Crippen LogP contribution in [-0.4, -0.2) is 18.7 Å². The van der Waals surface area contributed by atoms with Crippen molar-refractivity contribution in [3.8, 4) is 11.5 Å². The minimum absolute atomic E-state index is 0.620. The molecule has 4 nitrogen and oxygen atoms in total. The number of ether oxygens (including phenoxy) is 2. The lowest BCUT2D eigenvalue weighted by Gasteiger charge is -2.12. The topological polar surface area (TPSA) is 43.4 Å². The summed E-state index contributed by atoms with van der Waals surface area (Å²) in [5, 5.41) is 3.38. The van der Waals surface area contributed by atoms with Crippen molar-refractivity contribution >= 4 is 5.69 Å².